The molecule has 1 aliphatic carbocycles. The van der Waals surface area contributed by atoms with Gasteiger partial charge in [-0.15, -0.1) is 19.7 Å². The maximum Gasteiger partial charge on any atom is 0.0111 e. The quantitative estimate of drug-likeness (QED) is 0.514. The van der Waals surface area contributed by atoms with Gasteiger partial charge >= 0.3 is 0 Å². The highest BCUT2D eigenvalue weighted by Crippen LogP contribution is 2.65. The van der Waals surface area contributed by atoms with Crippen LogP contribution in [0.1, 0.15) is 38.5 Å². The van der Waals surface area contributed by atoms with E-state index in [-0.39, 0.29) is 0 Å². The van der Waals surface area contributed by atoms with Gasteiger partial charge in [-0.25, -0.2) is 0 Å². The maximum absolute atomic E-state index is 3.99. The minimum atomic E-state index is 0.593. The van der Waals surface area contributed by atoms with Crippen LogP contribution in [0.15, 0.2) is 38.0 Å². The minimum absolute atomic E-state index is 0.593. The Balaban J connectivity index is 3.01. The van der Waals surface area contributed by atoms with Crippen molar-refractivity contribution in [2.24, 2.45) is 0 Å². The van der Waals surface area contributed by atoms with Crippen molar-refractivity contribution in [3.63, 3.8) is 0 Å². The summed E-state index contributed by atoms with van der Waals surface area (Å²) in [7, 11) is 3.90. The van der Waals surface area contributed by atoms with E-state index in [1.807, 2.05) is 0 Å². The van der Waals surface area contributed by atoms with E-state index in [1.165, 1.54) is 69.3 Å². The average Bonchev–Trinajstić information content (AvgIpc) is 2.14. The predicted molar refractivity (Wildman–Crippen MR) is 96.2 cm³/mol. The zero-order valence-corrected chi connectivity index (χ0v) is 18.6. The molecule has 0 amide bonds. The molecule has 0 heterocycles. The highest BCUT2D eigenvalue weighted by molar-refractivity contribution is 6.23. The van der Waals surface area contributed by atoms with Crippen molar-refractivity contribution in [2.45, 2.75) is 53.6 Å². The number of allylic oxidation sites excluding steroid dienone is 3. The molecule has 0 N–H and O–H groups in total. The van der Waals surface area contributed by atoms with Gasteiger partial charge in [-0.3, -0.25) is 0 Å². The molecule has 1 saturated carbocycles. The molecule has 3 heteroatoms. The van der Waals surface area contributed by atoms with E-state index in [9.17, 15) is 0 Å². The lowest BCUT2D eigenvalue weighted by molar-refractivity contribution is 0.237. The van der Waals surface area contributed by atoms with Gasteiger partial charge in [0.1, 0.15) is 0 Å². The van der Waals surface area contributed by atoms with Crippen LogP contribution >= 0.6 is 0 Å². The van der Waals surface area contributed by atoms with Gasteiger partial charge < -0.3 is 0 Å². The van der Waals surface area contributed by atoms with Crippen LogP contribution in [0.4, 0.5) is 0 Å². The first-order valence-electron chi connectivity index (χ1n) is 7.13. The van der Waals surface area contributed by atoms with E-state index in [0.717, 1.165) is 0 Å². The van der Waals surface area contributed by atoms with E-state index in [2.05, 4.69) is 38.0 Å². The van der Waals surface area contributed by atoms with Crippen molar-refractivity contribution in [2.75, 3.05) is 0 Å². The maximum atomic E-state index is 3.99. The second kappa shape index (κ2) is 5.89. The third-order valence-electron chi connectivity index (χ3n) is 4.47. The van der Waals surface area contributed by atoms with Crippen LogP contribution < -0.4 is 0 Å². The molecule has 0 aromatic rings. The van der Waals surface area contributed by atoms with Gasteiger partial charge in [0.25, 0.3) is 0 Å². The van der Waals surface area contributed by atoms with Gasteiger partial charge in [0.05, 0.1) is 0 Å². The summed E-state index contributed by atoms with van der Waals surface area (Å²) in [4.78, 5) is 0. The molecule has 1 aliphatic rings. The minimum Gasteiger partial charge on any atom is -0.103 e. The summed E-state index contributed by atoms with van der Waals surface area (Å²) in [6.07, 6.45) is 14.4. The molecule has 0 aliphatic heterocycles. The molecule has 0 unspecified atom stereocenters. The first kappa shape index (κ1) is 15.9. The zero-order chi connectivity index (χ0) is 13.9. The molecule has 0 spiro atoms. The van der Waals surface area contributed by atoms with Crippen LogP contribution in [0.25, 0.3) is 0 Å². The largest absolute Gasteiger partial charge is 0.103 e. The monoisotopic (exact) mass is 294 g/mol. The van der Waals surface area contributed by atoms with Gasteiger partial charge in [0, 0.05) is 30.7 Å². The molecule has 0 aromatic carbocycles. The Morgan fingerprint density at radius 2 is 0.889 bits per heavy atom. The van der Waals surface area contributed by atoms with Crippen molar-refractivity contribution in [1.82, 2.24) is 0 Å². The van der Waals surface area contributed by atoms with Crippen LogP contribution in [-0.4, -0.2) is 30.7 Å². The first-order chi connectivity index (χ1) is 8.30. The van der Waals surface area contributed by atoms with E-state index in [1.54, 1.807) is 0 Å². The topological polar surface area (TPSA) is 0 Å². The highest BCUT2D eigenvalue weighted by Gasteiger charge is 2.46. The summed E-state index contributed by atoms with van der Waals surface area (Å²) in [6, 6.07) is 0. The standard InChI is InChI=1S/C15H30Si3/c1-4-7-13(16)10-14(17,8-5-2)12-15(18,11-13)9-6-3/h4-6H,1-3,7-12H2,16-18H3. The van der Waals surface area contributed by atoms with Gasteiger partial charge in [-0.1, -0.05) is 18.2 Å². The average molecular weight is 295 g/mol. The molecule has 0 nitrogen and oxygen atoms in total. The van der Waals surface area contributed by atoms with Crippen molar-refractivity contribution in [1.29, 1.82) is 0 Å². The van der Waals surface area contributed by atoms with Gasteiger partial charge in [-0.05, 0) is 53.6 Å². The molecule has 102 valence electrons. The Bertz CT molecular complexity index is 274. The lowest BCUT2D eigenvalue weighted by Crippen LogP contribution is -2.36. The fourth-order valence-corrected chi connectivity index (χ4v) is 12.9. The summed E-state index contributed by atoms with van der Waals surface area (Å²) < 4.78 is 0. The Morgan fingerprint density at radius 3 is 1.06 bits per heavy atom. The summed E-state index contributed by atoms with van der Waals surface area (Å²) in [5.74, 6) is 0. The lowest BCUT2D eigenvalue weighted by Gasteiger charge is -2.53. The van der Waals surface area contributed by atoms with Crippen molar-refractivity contribution >= 4 is 30.7 Å². The van der Waals surface area contributed by atoms with E-state index in [0.29, 0.717) is 15.1 Å². The number of rotatable bonds is 6. The Morgan fingerprint density at radius 1 is 0.667 bits per heavy atom. The second-order valence-electron chi connectivity index (χ2n) is 7.44. The van der Waals surface area contributed by atoms with E-state index < -0.39 is 0 Å². The van der Waals surface area contributed by atoms with E-state index >= 15 is 0 Å². The fourth-order valence-electron chi connectivity index (χ4n) is 4.76. The first-order valence-corrected chi connectivity index (χ1v) is 10.1. The Hall–Kier alpha value is -0.129. The highest BCUT2D eigenvalue weighted by atomic mass is 28.2. The number of hydrogen-bond acceptors (Lipinski definition) is 0. The zero-order valence-electron chi connectivity index (χ0n) is 12.6. The predicted octanol–water partition coefficient (Wildman–Crippen LogP) is 1.47. The summed E-state index contributed by atoms with van der Waals surface area (Å²) in [5.41, 5.74) is 0. The third kappa shape index (κ3) is 3.93. The second-order valence-corrected chi connectivity index (χ2v) is 13.8. The molecule has 1 fully saturated rings. The Kier molecular flexibility index (Phi) is 5.21. The molecule has 18 heavy (non-hydrogen) atoms. The SMILES string of the molecule is C=CCC1([SiH3])CC([SiH3])(CC=C)CC([SiH3])(CC=C)C1. The van der Waals surface area contributed by atoms with Crippen LogP contribution in [0, 0.1) is 0 Å². The van der Waals surface area contributed by atoms with Crippen LogP contribution in [-0.2, 0) is 0 Å². The molecule has 0 atom stereocenters. The summed E-state index contributed by atoms with van der Waals surface area (Å²) in [5, 5.41) is 1.78. The van der Waals surface area contributed by atoms with Crippen LogP contribution in [0.5, 0.6) is 0 Å². The number of hydrogen-bond donors (Lipinski definition) is 0. The summed E-state index contributed by atoms with van der Waals surface area (Å²) in [6.45, 7) is 12.0. The molecular weight excluding hydrogens is 264 g/mol. The molecule has 0 aromatic heterocycles. The Labute approximate surface area is 122 Å². The van der Waals surface area contributed by atoms with Crippen molar-refractivity contribution in [3.05, 3.63) is 38.0 Å². The van der Waals surface area contributed by atoms with Crippen LogP contribution in [0.3, 0.4) is 0 Å². The van der Waals surface area contributed by atoms with E-state index in [4.69, 9.17) is 0 Å². The molecule has 0 saturated heterocycles. The van der Waals surface area contributed by atoms with Gasteiger partial charge in [-0.2, -0.15) is 0 Å². The third-order valence-corrected chi connectivity index (χ3v) is 7.82. The molecule has 1 rings (SSSR count). The van der Waals surface area contributed by atoms with Crippen LogP contribution in [0.2, 0.25) is 15.1 Å². The van der Waals surface area contributed by atoms with Gasteiger partial charge in [0.15, 0.2) is 0 Å². The molecule has 0 radical (unpaired) electrons. The lowest BCUT2D eigenvalue weighted by atomic mass is 9.69. The van der Waals surface area contributed by atoms with Crippen molar-refractivity contribution < 1.29 is 0 Å². The molecule has 0 bridgehead atoms. The fraction of sp³-hybridized carbons (Fsp3) is 0.600. The smallest absolute Gasteiger partial charge is 0.0111 e. The van der Waals surface area contributed by atoms with Gasteiger partial charge in [0.2, 0.25) is 0 Å². The normalized spacial score (nSPS) is 40.7. The van der Waals surface area contributed by atoms with Crippen molar-refractivity contribution in [3.8, 4) is 0 Å². The molecular formula is C15H30Si3. The summed E-state index contributed by atoms with van der Waals surface area (Å²) >= 11 is 0.